The van der Waals surface area contributed by atoms with E-state index in [0.717, 1.165) is 24.1 Å². The van der Waals surface area contributed by atoms with Gasteiger partial charge in [0.15, 0.2) is 11.5 Å². The van der Waals surface area contributed by atoms with Crippen LogP contribution in [0.1, 0.15) is 18.4 Å². The maximum atomic E-state index is 8.36. The van der Waals surface area contributed by atoms with Gasteiger partial charge >= 0.3 is 0 Å². The minimum Gasteiger partial charge on any atom is -0.493 e. The molecule has 0 heterocycles. The number of carbonyl (C=O) groups is 1. The summed E-state index contributed by atoms with van der Waals surface area (Å²) in [5.74, 6) is 1.58. The van der Waals surface area contributed by atoms with E-state index in [1.807, 2.05) is 12.1 Å². The maximum absolute atomic E-state index is 8.36. The molecule has 1 aliphatic rings. The summed E-state index contributed by atoms with van der Waals surface area (Å²) in [6.07, 6.45) is 2.63. The van der Waals surface area contributed by atoms with Crippen molar-refractivity contribution in [1.82, 2.24) is 5.32 Å². The molecule has 1 aromatic rings. The van der Waals surface area contributed by atoms with Gasteiger partial charge in [-0.25, -0.2) is 0 Å². The largest absolute Gasteiger partial charge is 0.493 e. The van der Waals surface area contributed by atoms with Gasteiger partial charge in [0.1, 0.15) is 0 Å². The van der Waals surface area contributed by atoms with Gasteiger partial charge in [-0.15, -0.1) is 0 Å². The van der Waals surface area contributed by atoms with E-state index in [4.69, 9.17) is 19.4 Å². The van der Waals surface area contributed by atoms with Gasteiger partial charge < -0.3 is 19.9 Å². The fraction of sp³-hybridized carbons (Fsp3) is 0.462. The number of nitrogens with one attached hydrogen (secondary N) is 1. The van der Waals surface area contributed by atoms with E-state index in [1.54, 1.807) is 14.2 Å². The van der Waals surface area contributed by atoms with Crippen molar-refractivity contribution >= 4 is 6.47 Å². The Balaban J connectivity index is 0.000000492. The second-order valence-electron chi connectivity index (χ2n) is 3.95. The minimum absolute atomic E-state index is 0.250. The smallest absolute Gasteiger partial charge is 0.290 e. The van der Waals surface area contributed by atoms with Gasteiger partial charge in [-0.3, -0.25) is 4.79 Å². The van der Waals surface area contributed by atoms with Crippen LogP contribution >= 0.6 is 0 Å². The zero-order valence-electron chi connectivity index (χ0n) is 10.7. The molecule has 1 aliphatic carbocycles. The van der Waals surface area contributed by atoms with Crippen molar-refractivity contribution in [2.45, 2.75) is 25.4 Å². The monoisotopic (exact) mass is 253 g/mol. The lowest BCUT2D eigenvalue weighted by Crippen LogP contribution is -2.15. The van der Waals surface area contributed by atoms with E-state index >= 15 is 0 Å². The van der Waals surface area contributed by atoms with Crippen LogP contribution in [0.3, 0.4) is 0 Å². The average Bonchev–Trinajstić information content (AvgIpc) is 3.21. The molecule has 1 fully saturated rings. The first kappa shape index (κ1) is 14.3. The Morgan fingerprint density at radius 2 is 1.94 bits per heavy atom. The SMILES string of the molecule is COc1ccc(CNC2CC2)cc1OC.O=CO. The molecule has 100 valence electrons. The topological polar surface area (TPSA) is 67.8 Å². The van der Waals surface area contributed by atoms with Crippen LogP contribution in [0.4, 0.5) is 0 Å². The summed E-state index contributed by atoms with van der Waals surface area (Å²) in [7, 11) is 3.32. The predicted octanol–water partition coefficient (Wildman–Crippen LogP) is 1.66. The fourth-order valence-corrected chi connectivity index (χ4v) is 1.54. The molecule has 1 aromatic carbocycles. The van der Waals surface area contributed by atoms with Gasteiger partial charge in [0.05, 0.1) is 14.2 Å². The van der Waals surface area contributed by atoms with E-state index in [2.05, 4.69) is 11.4 Å². The third-order valence-corrected chi connectivity index (χ3v) is 2.62. The van der Waals surface area contributed by atoms with Crippen molar-refractivity contribution < 1.29 is 19.4 Å². The van der Waals surface area contributed by atoms with Crippen molar-refractivity contribution in [3.8, 4) is 11.5 Å². The first-order valence-corrected chi connectivity index (χ1v) is 5.77. The fourth-order valence-electron chi connectivity index (χ4n) is 1.54. The molecule has 2 N–H and O–H groups in total. The molecular weight excluding hydrogens is 234 g/mol. The number of carboxylic acid groups (broad SMARTS) is 1. The molecule has 0 spiro atoms. The highest BCUT2D eigenvalue weighted by Crippen LogP contribution is 2.28. The summed E-state index contributed by atoms with van der Waals surface area (Å²) in [5, 5.41) is 10.4. The molecule has 1 saturated carbocycles. The Morgan fingerprint density at radius 1 is 1.33 bits per heavy atom. The summed E-state index contributed by atoms with van der Waals surface area (Å²) in [5.41, 5.74) is 1.24. The average molecular weight is 253 g/mol. The molecule has 0 radical (unpaired) electrons. The number of ether oxygens (including phenoxy) is 2. The maximum Gasteiger partial charge on any atom is 0.290 e. The summed E-state index contributed by atoms with van der Waals surface area (Å²) in [4.78, 5) is 8.36. The van der Waals surface area contributed by atoms with Crippen molar-refractivity contribution in [3.05, 3.63) is 23.8 Å². The zero-order chi connectivity index (χ0) is 13.4. The second kappa shape index (κ2) is 7.55. The predicted molar refractivity (Wildman–Crippen MR) is 68.1 cm³/mol. The molecule has 0 aromatic heterocycles. The quantitative estimate of drug-likeness (QED) is 0.781. The van der Waals surface area contributed by atoms with Gasteiger partial charge in [0.2, 0.25) is 0 Å². The number of methoxy groups -OCH3 is 2. The first-order valence-electron chi connectivity index (χ1n) is 5.77. The van der Waals surface area contributed by atoms with E-state index in [-0.39, 0.29) is 6.47 Å². The van der Waals surface area contributed by atoms with Crippen LogP contribution in [-0.2, 0) is 11.3 Å². The Morgan fingerprint density at radius 3 is 2.44 bits per heavy atom. The molecule has 18 heavy (non-hydrogen) atoms. The second-order valence-corrected chi connectivity index (χ2v) is 3.95. The van der Waals surface area contributed by atoms with Gasteiger partial charge in [0.25, 0.3) is 6.47 Å². The lowest BCUT2D eigenvalue weighted by atomic mass is 10.2. The van der Waals surface area contributed by atoms with E-state index in [9.17, 15) is 0 Å². The summed E-state index contributed by atoms with van der Waals surface area (Å²) < 4.78 is 10.4. The summed E-state index contributed by atoms with van der Waals surface area (Å²) >= 11 is 0. The molecule has 0 aliphatic heterocycles. The highest BCUT2D eigenvalue weighted by Gasteiger charge is 2.20. The lowest BCUT2D eigenvalue weighted by Gasteiger charge is -2.09. The van der Waals surface area contributed by atoms with Gasteiger partial charge in [-0.2, -0.15) is 0 Å². The van der Waals surface area contributed by atoms with Crippen LogP contribution in [0.2, 0.25) is 0 Å². The van der Waals surface area contributed by atoms with Crippen LogP contribution in [0.25, 0.3) is 0 Å². The van der Waals surface area contributed by atoms with E-state index in [1.165, 1.54) is 18.4 Å². The summed E-state index contributed by atoms with van der Waals surface area (Å²) in [6.45, 7) is 0.658. The van der Waals surface area contributed by atoms with Crippen LogP contribution in [0.5, 0.6) is 11.5 Å². The first-order chi connectivity index (χ1) is 8.74. The number of rotatable bonds is 5. The molecular formula is C13H19NO4. The molecule has 0 saturated heterocycles. The lowest BCUT2D eigenvalue weighted by molar-refractivity contribution is -0.122. The third kappa shape index (κ3) is 4.63. The molecule has 2 rings (SSSR count). The Labute approximate surface area is 107 Å². The normalized spacial score (nSPS) is 13.2. The molecule has 5 heteroatoms. The van der Waals surface area contributed by atoms with Gasteiger partial charge in [0, 0.05) is 12.6 Å². The molecule has 0 bridgehead atoms. The summed E-state index contributed by atoms with van der Waals surface area (Å²) in [6, 6.07) is 6.77. The Kier molecular flexibility index (Phi) is 6.00. The van der Waals surface area contributed by atoms with E-state index < -0.39 is 0 Å². The van der Waals surface area contributed by atoms with Crippen LogP contribution in [-0.4, -0.2) is 31.8 Å². The molecule has 5 nitrogen and oxygen atoms in total. The molecule has 0 amide bonds. The van der Waals surface area contributed by atoms with Crippen LogP contribution in [0.15, 0.2) is 18.2 Å². The third-order valence-electron chi connectivity index (χ3n) is 2.62. The van der Waals surface area contributed by atoms with E-state index in [0.29, 0.717) is 0 Å². The van der Waals surface area contributed by atoms with Crippen LogP contribution < -0.4 is 14.8 Å². The van der Waals surface area contributed by atoms with Crippen molar-refractivity contribution in [1.29, 1.82) is 0 Å². The number of hydrogen-bond donors (Lipinski definition) is 2. The number of benzene rings is 1. The molecule has 0 atom stereocenters. The Hall–Kier alpha value is -1.75. The highest BCUT2D eigenvalue weighted by molar-refractivity contribution is 5.42. The van der Waals surface area contributed by atoms with Crippen LogP contribution in [0, 0.1) is 0 Å². The Bertz CT molecular complexity index is 377. The number of hydrogen-bond acceptors (Lipinski definition) is 4. The standard InChI is InChI=1S/C12H17NO2.CH2O2/c1-14-11-6-3-9(7-12(11)15-2)8-13-10-4-5-10;2-1-3/h3,6-7,10,13H,4-5,8H2,1-2H3;1H,(H,2,3). The van der Waals surface area contributed by atoms with Crippen molar-refractivity contribution in [2.24, 2.45) is 0 Å². The molecule has 0 unspecified atom stereocenters. The van der Waals surface area contributed by atoms with Gasteiger partial charge in [-0.05, 0) is 30.5 Å². The minimum atomic E-state index is -0.250. The van der Waals surface area contributed by atoms with Crippen molar-refractivity contribution in [2.75, 3.05) is 14.2 Å². The highest BCUT2D eigenvalue weighted by atomic mass is 16.5. The zero-order valence-corrected chi connectivity index (χ0v) is 10.7. The van der Waals surface area contributed by atoms with Crippen molar-refractivity contribution in [3.63, 3.8) is 0 Å². The van der Waals surface area contributed by atoms with Gasteiger partial charge in [-0.1, -0.05) is 6.07 Å².